The maximum Gasteiger partial charge on any atom is 0.293 e. The van der Waals surface area contributed by atoms with E-state index < -0.39 is 4.92 Å². The molecule has 0 saturated heterocycles. The molecular formula is C11H15ClN2O3. The molecule has 0 aliphatic heterocycles. The van der Waals surface area contributed by atoms with Gasteiger partial charge in [0.25, 0.3) is 5.69 Å². The molecule has 0 bridgehead atoms. The maximum absolute atomic E-state index is 10.9. The summed E-state index contributed by atoms with van der Waals surface area (Å²) in [7, 11) is 0. The Balaban J connectivity index is 2.99. The lowest BCUT2D eigenvalue weighted by Crippen LogP contribution is -2.20. The summed E-state index contributed by atoms with van der Waals surface area (Å²) in [5.41, 5.74) is 0.272. The first-order valence-corrected chi connectivity index (χ1v) is 5.78. The number of benzene rings is 1. The van der Waals surface area contributed by atoms with Gasteiger partial charge >= 0.3 is 0 Å². The fraction of sp³-hybridized carbons (Fsp3) is 0.455. The van der Waals surface area contributed by atoms with Gasteiger partial charge in [0.1, 0.15) is 5.69 Å². The number of rotatable bonds is 6. The second kappa shape index (κ2) is 6.42. The monoisotopic (exact) mass is 258 g/mol. The first-order valence-electron chi connectivity index (χ1n) is 5.40. The van der Waals surface area contributed by atoms with E-state index in [9.17, 15) is 10.1 Å². The zero-order chi connectivity index (χ0) is 12.8. The van der Waals surface area contributed by atoms with E-state index in [-0.39, 0.29) is 18.3 Å². The van der Waals surface area contributed by atoms with E-state index in [1.54, 1.807) is 12.1 Å². The lowest BCUT2D eigenvalue weighted by molar-refractivity contribution is -0.384. The van der Waals surface area contributed by atoms with Crippen LogP contribution in [0.25, 0.3) is 0 Å². The summed E-state index contributed by atoms with van der Waals surface area (Å²) in [6, 6.07) is 4.51. The Labute approximate surface area is 105 Å². The third-order valence-electron chi connectivity index (χ3n) is 2.51. The van der Waals surface area contributed by atoms with Crippen LogP contribution in [0.1, 0.15) is 19.8 Å². The van der Waals surface area contributed by atoms with Crippen molar-refractivity contribution in [3.05, 3.63) is 33.3 Å². The molecule has 5 nitrogen and oxygen atoms in total. The average Bonchev–Trinajstić information content (AvgIpc) is 2.30. The number of nitrogens with one attached hydrogen (secondary N) is 1. The third kappa shape index (κ3) is 3.57. The van der Waals surface area contributed by atoms with Crippen LogP contribution in [-0.2, 0) is 0 Å². The molecule has 0 saturated carbocycles. The smallest absolute Gasteiger partial charge is 0.293 e. The lowest BCUT2D eigenvalue weighted by Gasteiger charge is -2.17. The highest BCUT2D eigenvalue weighted by Crippen LogP contribution is 2.32. The molecule has 0 heterocycles. The standard InChI is InChI=1S/C11H15ClN2O3/c1-2-8(6-7-15)13-11-9(12)4-3-5-10(11)14(16)17/h3-5,8,13,15H,2,6-7H2,1H3. The van der Waals surface area contributed by atoms with Gasteiger partial charge in [-0.2, -0.15) is 0 Å². The molecule has 0 spiro atoms. The van der Waals surface area contributed by atoms with Crippen LogP contribution < -0.4 is 5.32 Å². The number of nitro benzene ring substituents is 1. The van der Waals surface area contributed by atoms with E-state index in [4.69, 9.17) is 16.7 Å². The van der Waals surface area contributed by atoms with Gasteiger partial charge < -0.3 is 10.4 Å². The summed E-state index contributed by atoms with van der Waals surface area (Å²) < 4.78 is 0. The van der Waals surface area contributed by atoms with Gasteiger partial charge in [-0.3, -0.25) is 10.1 Å². The minimum absolute atomic E-state index is 0.0291. The number of aliphatic hydroxyl groups excluding tert-OH is 1. The van der Waals surface area contributed by atoms with Crippen LogP contribution in [0.4, 0.5) is 11.4 Å². The highest BCUT2D eigenvalue weighted by molar-refractivity contribution is 6.33. The quantitative estimate of drug-likeness (QED) is 0.608. The highest BCUT2D eigenvalue weighted by atomic mass is 35.5. The van der Waals surface area contributed by atoms with E-state index in [1.165, 1.54) is 6.07 Å². The minimum Gasteiger partial charge on any atom is -0.396 e. The van der Waals surface area contributed by atoms with Gasteiger partial charge in [-0.1, -0.05) is 24.6 Å². The van der Waals surface area contributed by atoms with Gasteiger partial charge in [-0.05, 0) is 18.9 Å². The Hall–Kier alpha value is -1.33. The summed E-state index contributed by atoms with van der Waals surface area (Å²) in [6.45, 7) is 1.97. The SMILES string of the molecule is CCC(CCO)Nc1c(Cl)cccc1[N+](=O)[O-]. The molecule has 0 fully saturated rings. The molecule has 2 N–H and O–H groups in total. The number of halogens is 1. The van der Waals surface area contributed by atoms with Crippen LogP contribution in [-0.4, -0.2) is 22.7 Å². The summed E-state index contributed by atoms with van der Waals surface area (Å²) in [5, 5.41) is 23.1. The number of nitrogens with zero attached hydrogens (tertiary/aromatic N) is 1. The molecule has 0 aromatic heterocycles. The van der Waals surface area contributed by atoms with Crippen molar-refractivity contribution in [2.24, 2.45) is 0 Å². The van der Waals surface area contributed by atoms with Gasteiger partial charge in [0.2, 0.25) is 0 Å². The largest absolute Gasteiger partial charge is 0.396 e. The van der Waals surface area contributed by atoms with Crippen LogP contribution in [0.15, 0.2) is 18.2 Å². The van der Waals surface area contributed by atoms with Gasteiger partial charge in [0.05, 0.1) is 9.95 Å². The predicted molar refractivity (Wildman–Crippen MR) is 67.5 cm³/mol. The second-order valence-corrected chi connectivity index (χ2v) is 4.06. The van der Waals surface area contributed by atoms with Gasteiger partial charge in [0.15, 0.2) is 0 Å². The van der Waals surface area contributed by atoms with E-state index in [2.05, 4.69) is 5.32 Å². The van der Waals surface area contributed by atoms with Crippen LogP contribution in [0.3, 0.4) is 0 Å². The predicted octanol–water partition coefficient (Wildman–Crippen LogP) is 2.82. The molecule has 6 heteroatoms. The maximum atomic E-state index is 10.9. The van der Waals surface area contributed by atoms with Crippen molar-refractivity contribution in [1.82, 2.24) is 0 Å². The molecule has 1 aromatic carbocycles. The zero-order valence-corrected chi connectivity index (χ0v) is 10.3. The fourth-order valence-corrected chi connectivity index (χ4v) is 1.77. The van der Waals surface area contributed by atoms with Crippen molar-refractivity contribution in [2.45, 2.75) is 25.8 Å². The molecule has 1 rings (SSSR count). The van der Waals surface area contributed by atoms with Crippen molar-refractivity contribution < 1.29 is 10.0 Å². The Morgan fingerprint density at radius 2 is 2.29 bits per heavy atom. The topological polar surface area (TPSA) is 75.4 Å². The first-order chi connectivity index (χ1) is 8.10. The molecule has 0 aliphatic carbocycles. The normalized spacial score (nSPS) is 12.2. The number of hydrogen-bond acceptors (Lipinski definition) is 4. The van der Waals surface area contributed by atoms with Crippen molar-refractivity contribution in [2.75, 3.05) is 11.9 Å². The Kier molecular flexibility index (Phi) is 5.18. The van der Waals surface area contributed by atoms with E-state index in [0.29, 0.717) is 17.1 Å². The Morgan fingerprint density at radius 1 is 1.59 bits per heavy atom. The molecule has 0 radical (unpaired) electrons. The van der Waals surface area contributed by atoms with Crippen LogP contribution in [0.5, 0.6) is 0 Å². The first kappa shape index (κ1) is 13.7. The number of hydrogen-bond donors (Lipinski definition) is 2. The number of para-hydroxylation sites is 1. The van der Waals surface area contributed by atoms with Gasteiger partial charge in [-0.15, -0.1) is 0 Å². The molecule has 94 valence electrons. The molecule has 1 atom stereocenters. The van der Waals surface area contributed by atoms with Crippen molar-refractivity contribution in [1.29, 1.82) is 0 Å². The Bertz CT molecular complexity index is 398. The molecule has 0 amide bonds. The van der Waals surface area contributed by atoms with E-state index >= 15 is 0 Å². The number of aliphatic hydroxyl groups is 1. The van der Waals surface area contributed by atoms with Crippen molar-refractivity contribution >= 4 is 23.0 Å². The lowest BCUT2D eigenvalue weighted by atomic mass is 10.1. The van der Waals surface area contributed by atoms with Crippen LogP contribution in [0, 0.1) is 10.1 Å². The molecule has 0 aliphatic rings. The second-order valence-electron chi connectivity index (χ2n) is 3.65. The molecule has 17 heavy (non-hydrogen) atoms. The third-order valence-corrected chi connectivity index (χ3v) is 2.82. The number of nitro groups is 1. The van der Waals surface area contributed by atoms with Crippen LogP contribution in [0.2, 0.25) is 5.02 Å². The highest BCUT2D eigenvalue weighted by Gasteiger charge is 2.18. The zero-order valence-electron chi connectivity index (χ0n) is 9.52. The molecule has 1 aromatic rings. The van der Waals surface area contributed by atoms with Gasteiger partial charge in [0, 0.05) is 18.7 Å². The fourth-order valence-electron chi connectivity index (χ4n) is 1.55. The summed E-state index contributed by atoms with van der Waals surface area (Å²) in [4.78, 5) is 10.4. The summed E-state index contributed by atoms with van der Waals surface area (Å²) >= 11 is 5.95. The average molecular weight is 259 g/mol. The van der Waals surface area contributed by atoms with E-state index in [0.717, 1.165) is 6.42 Å². The van der Waals surface area contributed by atoms with Crippen molar-refractivity contribution in [3.8, 4) is 0 Å². The van der Waals surface area contributed by atoms with Crippen LogP contribution >= 0.6 is 11.6 Å². The molecule has 1 unspecified atom stereocenters. The molecular weight excluding hydrogens is 244 g/mol. The van der Waals surface area contributed by atoms with E-state index in [1.807, 2.05) is 6.92 Å². The summed E-state index contributed by atoms with van der Waals surface area (Å²) in [5.74, 6) is 0. The van der Waals surface area contributed by atoms with Crippen molar-refractivity contribution in [3.63, 3.8) is 0 Å². The minimum atomic E-state index is -0.472. The number of anilines is 1. The summed E-state index contributed by atoms with van der Waals surface area (Å²) in [6.07, 6.45) is 1.28. The Morgan fingerprint density at radius 3 is 2.82 bits per heavy atom. The van der Waals surface area contributed by atoms with Gasteiger partial charge in [-0.25, -0.2) is 0 Å².